The molecule has 0 aliphatic carbocycles. The van der Waals surface area contributed by atoms with Gasteiger partial charge in [0, 0.05) is 36.9 Å². The highest BCUT2D eigenvalue weighted by Gasteiger charge is 2.27. The molecule has 0 N–H and O–H groups in total. The van der Waals surface area contributed by atoms with E-state index in [9.17, 15) is 4.79 Å². The van der Waals surface area contributed by atoms with E-state index in [0.717, 1.165) is 57.8 Å². The lowest BCUT2D eigenvalue weighted by atomic mass is 9.93. The molecule has 3 heterocycles. The summed E-state index contributed by atoms with van der Waals surface area (Å²) in [7, 11) is 0. The summed E-state index contributed by atoms with van der Waals surface area (Å²) in [5, 5.41) is 9.06. The number of thiophene rings is 1. The normalized spacial score (nSPS) is 15.4. The molecule has 3 aromatic rings. The van der Waals surface area contributed by atoms with E-state index in [1.54, 1.807) is 18.7 Å². The van der Waals surface area contributed by atoms with E-state index in [4.69, 9.17) is 10.2 Å². The molecule has 0 saturated carbocycles. The van der Waals surface area contributed by atoms with Gasteiger partial charge in [-0.1, -0.05) is 32.5 Å². The van der Waals surface area contributed by atoms with Gasteiger partial charge in [0.15, 0.2) is 0 Å². The van der Waals surface area contributed by atoms with E-state index < -0.39 is 0 Å². The van der Waals surface area contributed by atoms with Gasteiger partial charge in [0.05, 0.1) is 15.2 Å². The second-order valence-corrected chi connectivity index (χ2v) is 11.7. The van der Waals surface area contributed by atoms with Gasteiger partial charge in [-0.15, -0.1) is 11.3 Å². The summed E-state index contributed by atoms with van der Waals surface area (Å²) in [6.07, 6.45) is 2.08. The van der Waals surface area contributed by atoms with E-state index >= 15 is 0 Å². The van der Waals surface area contributed by atoms with Crippen molar-refractivity contribution in [3.63, 3.8) is 0 Å². The molecule has 1 fully saturated rings. The van der Waals surface area contributed by atoms with Gasteiger partial charge in [0.25, 0.3) is 0 Å². The Morgan fingerprint density at radius 3 is 2.61 bits per heavy atom. The molecule has 0 radical (unpaired) electrons. The van der Waals surface area contributed by atoms with Crippen LogP contribution in [0.3, 0.4) is 0 Å². The van der Waals surface area contributed by atoms with Gasteiger partial charge in [0.2, 0.25) is 5.91 Å². The van der Waals surface area contributed by atoms with Crippen molar-refractivity contribution in [1.82, 2.24) is 14.5 Å². The van der Waals surface area contributed by atoms with Crippen LogP contribution in [0.5, 0.6) is 0 Å². The number of piperidine rings is 1. The maximum atomic E-state index is 11.7. The Balaban J connectivity index is 1.61. The van der Waals surface area contributed by atoms with Gasteiger partial charge >= 0.3 is 0 Å². The standard InChI is InChI=1S/C24H28N4OS2/c1-16(29)27-11-9-17(10-12-27)15-28-21-7-5-18(30-22-8-6-19(14-25)31-22)13-20(21)26-23(28)24(2,3)4/h5-8,13,17H,9-12,15H2,1-4H3. The number of carbonyl (C=O) groups excluding carboxylic acids is 1. The number of carbonyl (C=O) groups is 1. The number of benzene rings is 1. The minimum Gasteiger partial charge on any atom is -0.343 e. The molecule has 0 bridgehead atoms. The summed E-state index contributed by atoms with van der Waals surface area (Å²) >= 11 is 3.20. The van der Waals surface area contributed by atoms with Gasteiger partial charge < -0.3 is 9.47 Å². The van der Waals surface area contributed by atoms with Crippen molar-refractivity contribution in [1.29, 1.82) is 5.26 Å². The Morgan fingerprint density at radius 1 is 1.26 bits per heavy atom. The number of hydrogen-bond acceptors (Lipinski definition) is 5. The molecule has 1 amide bonds. The lowest BCUT2D eigenvalue weighted by molar-refractivity contribution is -0.130. The molecule has 31 heavy (non-hydrogen) atoms. The molecule has 4 rings (SSSR count). The zero-order chi connectivity index (χ0) is 22.2. The molecule has 0 spiro atoms. The van der Waals surface area contributed by atoms with Gasteiger partial charge in [-0.05, 0) is 49.1 Å². The van der Waals surface area contributed by atoms with Crippen molar-refractivity contribution in [3.8, 4) is 6.07 Å². The molecular formula is C24H28N4OS2. The van der Waals surface area contributed by atoms with Gasteiger partial charge in [-0.2, -0.15) is 5.26 Å². The number of hydrogen-bond donors (Lipinski definition) is 0. The zero-order valence-electron chi connectivity index (χ0n) is 18.5. The predicted octanol–water partition coefficient (Wildman–Crippen LogP) is 5.68. The lowest BCUT2D eigenvalue weighted by Crippen LogP contribution is -2.38. The summed E-state index contributed by atoms with van der Waals surface area (Å²) in [5.74, 6) is 1.85. The predicted molar refractivity (Wildman–Crippen MR) is 127 cm³/mol. The van der Waals surface area contributed by atoms with Crippen LogP contribution < -0.4 is 0 Å². The number of rotatable bonds is 4. The van der Waals surface area contributed by atoms with Gasteiger partial charge in [-0.3, -0.25) is 4.79 Å². The van der Waals surface area contributed by atoms with E-state index in [-0.39, 0.29) is 11.3 Å². The molecule has 2 aromatic heterocycles. The third-order valence-electron chi connectivity index (χ3n) is 5.80. The molecule has 1 saturated heterocycles. The first-order valence-electron chi connectivity index (χ1n) is 10.7. The smallest absolute Gasteiger partial charge is 0.219 e. The molecule has 0 atom stereocenters. The molecule has 5 nitrogen and oxygen atoms in total. The van der Waals surface area contributed by atoms with E-state index in [1.165, 1.54) is 16.9 Å². The van der Waals surface area contributed by atoms with Crippen LogP contribution in [0.2, 0.25) is 0 Å². The first-order valence-corrected chi connectivity index (χ1v) is 12.3. The largest absolute Gasteiger partial charge is 0.343 e. The highest BCUT2D eigenvalue weighted by atomic mass is 32.2. The van der Waals surface area contributed by atoms with Crippen LogP contribution in [0.1, 0.15) is 51.2 Å². The van der Waals surface area contributed by atoms with E-state index in [2.05, 4.69) is 49.6 Å². The van der Waals surface area contributed by atoms with Gasteiger partial charge in [0.1, 0.15) is 16.8 Å². The van der Waals surface area contributed by atoms with Crippen LogP contribution in [0.4, 0.5) is 0 Å². The van der Waals surface area contributed by atoms with Crippen LogP contribution >= 0.6 is 23.1 Å². The van der Waals surface area contributed by atoms with Crippen LogP contribution in [0.15, 0.2) is 39.4 Å². The summed E-state index contributed by atoms with van der Waals surface area (Å²) < 4.78 is 3.51. The summed E-state index contributed by atoms with van der Waals surface area (Å²) in [5.41, 5.74) is 2.14. The number of amides is 1. The Labute approximate surface area is 192 Å². The maximum Gasteiger partial charge on any atom is 0.219 e. The quantitative estimate of drug-likeness (QED) is 0.511. The van der Waals surface area contributed by atoms with Crippen molar-refractivity contribution in [2.45, 2.75) is 61.6 Å². The SMILES string of the molecule is CC(=O)N1CCC(Cn2c(C(C)(C)C)nc3cc(Sc4ccc(C#N)s4)ccc32)CC1. The van der Waals surface area contributed by atoms with Crippen molar-refractivity contribution in [3.05, 3.63) is 41.0 Å². The first-order chi connectivity index (χ1) is 14.7. The second-order valence-electron chi connectivity index (χ2n) is 9.23. The monoisotopic (exact) mass is 452 g/mol. The summed E-state index contributed by atoms with van der Waals surface area (Å²) in [6.45, 7) is 11.0. The molecule has 1 aliphatic rings. The van der Waals surface area contributed by atoms with Crippen molar-refractivity contribution >= 4 is 40.0 Å². The average molecular weight is 453 g/mol. The number of imidazole rings is 1. The van der Waals surface area contributed by atoms with Gasteiger partial charge in [-0.25, -0.2) is 4.98 Å². The fraction of sp³-hybridized carbons (Fsp3) is 0.458. The third kappa shape index (κ3) is 4.81. The fourth-order valence-electron chi connectivity index (χ4n) is 4.17. The number of likely N-dealkylation sites (tertiary alicyclic amines) is 1. The van der Waals surface area contributed by atoms with Crippen molar-refractivity contribution in [2.24, 2.45) is 5.92 Å². The maximum absolute atomic E-state index is 11.7. The van der Waals surface area contributed by atoms with Crippen LogP contribution in [-0.2, 0) is 16.8 Å². The Kier molecular flexibility index (Phi) is 6.14. The minimum atomic E-state index is -0.0537. The molecule has 1 aromatic carbocycles. The van der Waals surface area contributed by atoms with E-state index in [0.29, 0.717) is 5.92 Å². The van der Waals surface area contributed by atoms with Crippen molar-refractivity contribution in [2.75, 3.05) is 13.1 Å². The number of fused-ring (bicyclic) bond motifs is 1. The Hall–Kier alpha value is -2.30. The third-order valence-corrected chi connectivity index (χ3v) is 7.91. The number of nitriles is 1. The number of aromatic nitrogens is 2. The summed E-state index contributed by atoms with van der Waals surface area (Å²) in [4.78, 5) is 20.5. The second kappa shape index (κ2) is 8.68. The molecular weight excluding hydrogens is 424 g/mol. The Bertz CT molecular complexity index is 1140. The lowest BCUT2D eigenvalue weighted by Gasteiger charge is -2.32. The summed E-state index contributed by atoms with van der Waals surface area (Å²) in [6, 6.07) is 12.6. The highest BCUT2D eigenvalue weighted by Crippen LogP contribution is 2.36. The fourth-order valence-corrected chi connectivity index (χ4v) is 6.10. The van der Waals surface area contributed by atoms with Crippen LogP contribution in [0.25, 0.3) is 11.0 Å². The minimum absolute atomic E-state index is 0.0537. The van der Waals surface area contributed by atoms with E-state index in [1.807, 2.05) is 17.0 Å². The zero-order valence-corrected chi connectivity index (χ0v) is 20.1. The highest BCUT2D eigenvalue weighted by molar-refractivity contribution is 8.01. The van der Waals surface area contributed by atoms with Crippen molar-refractivity contribution < 1.29 is 4.79 Å². The molecule has 0 unspecified atom stereocenters. The molecule has 7 heteroatoms. The average Bonchev–Trinajstić information content (AvgIpc) is 3.32. The first kappa shape index (κ1) is 21.9. The van der Waals surface area contributed by atoms with Crippen LogP contribution in [-0.4, -0.2) is 33.4 Å². The van der Waals surface area contributed by atoms with Crippen LogP contribution in [0, 0.1) is 17.2 Å². The molecule has 162 valence electrons. The number of nitrogens with zero attached hydrogens (tertiary/aromatic N) is 4. The Morgan fingerprint density at radius 2 is 2.00 bits per heavy atom. The molecule has 1 aliphatic heterocycles. The topological polar surface area (TPSA) is 61.9 Å².